The van der Waals surface area contributed by atoms with E-state index in [9.17, 15) is 17.6 Å². The summed E-state index contributed by atoms with van der Waals surface area (Å²) in [5.41, 5.74) is 2.16. The second kappa shape index (κ2) is 10.5. The Bertz CT molecular complexity index is 1360. The maximum atomic E-state index is 13.4. The number of fused-ring (bicyclic) bond motifs is 1. The molecule has 1 aliphatic rings. The lowest BCUT2D eigenvalue weighted by atomic mass is 10.1. The molecule has 1 aliphatic heterocycles. The van der Waals surface area contributed by atoms with Crippen LogP contribution in [0.3, 0.4) is 0 Å². The molecule has 1 N–H and O–H groups in total. The molecule has 3 heterocycles. The normalized spacial score (nSPS) is 15.7. The van der Waals surface area contributed by atoms with Crippen LogP contribution < -0.4 is 10.3 Å². The lowest BCUT2D eigenvalue weighted by Crippen LogP contribution is -2.49. The topological polar surface area (TPSA) is 101 Å². The fraction of sp³-hybridized carbons (Fsp3) is 0.500. The van der Waals surface area contributed by atoms with Crippen molar-refractivity contribution in [2.24, 2.45) is 7.05 Å². The number of nitrogens with one attached hydrogen (secondary N) is 1. The maximum absolute atomic E-state index is 13.4. The van der Waals surface area contributed by atoms with Crippen molar-refractivity contribution in [1.82, 2.24) is 23.7 Å². The zero-order valence-electron chi connectivity index (χ0n) is 20.4. The molecule has 35 heavy (non-hydrogen) atoms. The van der Waals surface area contributed by atoms with E-state index in [0.717, 1.165) is 18.4 Å². The van der Waals surface area contributed by atoms with Gasteiger partial charge in [0.15, 0.2) is 0 Å². The summed E-state index contributed by atoms with van der Waals surface area (Å²) in [7, 11) is -1.98. The van der Waals surface area contributed by atoms with Gasteiger partial charge >= 0.3 is 0 Å². The highest BCUT2D eigenvalue weighted by atomic mass is 32.2. The number of aromatic nitrogens is 3. The molecule has 4 rings (SSSR count). The van der Waals surface area contributed by atoms with Gasteiger partial charge in [-0.1, -0.05) is 13.3 Å². The molecule has 9 nitrogen and oxygen atoms in total. The molecular formula is C24H32FN5O4S. The first-order valence-corrected chi connectivity index (χ1v) is 13.4. The van der Waals surface area contributed by atoms with E-state index in [2.05, 4.69) is 11.9 Å². The molecule has 1 fully saturated rings. The minimum absolute atomic E-state index is 0.0967. The highest BCUT2D eigenvalue weighted by Gasteiger charge is 2.29. The van der Waals surface area contributed by atoms with Gasteiger partial charge in [0.2, 0.25) is 10.0 Å². The summed E-state index contributed by atoms with van der Waals surface area (Å²) in [6.07, 6.45) is 3.58. The Balaban J connectivity index is 1.78. The zero-order chi connectivity index (χ0) is 25.2. The molecule has 0 bridgehead atoms. The Morgan fingerprint density at radius 2 is 1.91 bits per heavy atom. The van der Waals surface area contributed by atoms with Crippen LogP contribution in [-0.2, 0) is 23.5 Å². The number of piperazine rings is 1. The summed E-state index contributed by atoms with van der Waals surface area (Å²) >= 11 is 0. The van der Waals surface area contributed by atoms with Crippen LogP contribution in [0.5, 0.6) is 5.75 Å². The number of H-pyrrole nitrogens is 1. The predicted octanol–water partition coefficient (Wildman–Crippen LogP) is 2.56. The first-order chi connectivity index (χ1) is 16.8. The maximum Gasteiger partial charge on any atom is 0.275 e. The van der Waals surface area contributed by atoms with Crippen molar-refractivity contribution < 1.29 is 17.5 Å². The fourth-order valence-corrected chi connectivity index (χ4v) is 6.00. The van der Waals surface area contributed by atoms with Gasteiger partial charge in [0, 0.05) is 46.0 Å². The van der Waals surface area contributed by atoms with Gasteiger partial charge in [-0.25, -0.2) is 17.8 Å². The number of nitrogens with zero attached hydrogens (tertiary/aromatic N) is 4. The third-order valence-corrected chi connectivity index (χ3v) is 8.19. The standard InChI is InChI=1S/C24H32FN5O4S/c1-4-6-17-16-28(3)22-21(17)26-23(27-24(22)31)19-15-18(7-8-20(19)34-5-2)35(32,33)30-13-11-29(10-9-25)12-14-30/h7-8,15-16H,4-6,9-14H2,1-3H3,(H,26,27,31). The van der Waals surface area contributed by atoms with Crippen molar-refractivity contribution in [2.75, 3.05) is 46.0 Å². The Kier molecular flexibility index (Phi) is 7.58. The van der Waals surface area contributed by atoms with Crippen LogP contribution in [0.15, 0.2) is 34.1 Å². The lowest BCUT2D eigenvalue weighted by molar-refractivity contribution is 0.177. The third-order valence-electron chi connectivity index (χ3n) is 6.30. The highest BCUT2D eigenvalue weighted by molar-refractivity contribution is 7.89. The fourth-order valence-electron chi connectivity index (χ4n) is 4.56. The average molecular weight is 506 g/mol. The van der Waals surface area contributed by atoms with Crippen molar-refractivity contribution >= 4 is 21.1 Å². The van der Waals surface area contributed by atoms with E-state index < -0.39 is 16.7 Å². The van der Waals surface area contributed by atoms with Crippen molar-refractivity contribution in [3.8, 4) is 17.1 Å². The van der Waals surface area contributed by atoms with Crippen LogP contribution in [-0.4, -0.2) is 78.2 Å². The molecule has 1 saturated heterocycles. The van der Waals surface area contributed by atoms with Crippen LogP contribution in [0.1, 0.15) is 25.8 Å². The number of ether oxygens (including phenoxy) is 1. The second-order valence-electron chi connectivity index (χ2n) is 8.65. The van der Waals surface area contributed by atoms with E-state index >= 15 is 0 Å². The van der Waals surface area contributed by atoms with Gasteiger partial charge in [-0.2, -0.15) is 4.31 Å². The van der Waals surface area contributed by atoms with Crippen molar-refractivity contribution in [2.45, 2.75) is 31.6 Å². The summed E-state index contributed by atoms with van der Waals surface area (Å²) in [6.45, 7) is 5.65. The average Bonchev–Trinajstić information content (AvgIpc) is 3.15. The summed E-state index contributed by atoms with van der Waals surface area (Å²) in [5.74, 6) is 0.703. The third kappa shape index (κ3) is 4.98. The van der Waals surface area contributed by atoms with E-state index in [1.54, 1.807) is 10.6 Å². The number of benzene rings is 1. The van der Waals surface area contributed by atoms with Gasteiger partial charge in [-0.3, -0.25) is 9.69 Å². The molecule has 0 aliphatic carbocycles. The smallest absolute Gasteiger partial charge is 0.275 e. The van der Waals surface area contributed by atoms with E-state index in [4.69, 9.17) is 9.72 Å². The number of halogens is 1. The molecule has 190 valence electrons. The second-order valence-corrected chi connectivity index (χ2v) is 10.6. The van der Waals surface area contributed by atoms with Crippen LogP contribution in [0.4, 0.5) is 4.39 Å². The number of rotatable bonds is 9. The first kappa shape index (κ1) is 25.3. The monoisotopic (exact) mass is 505 g/mol. The van der Waals surface area contributed by atoms with Crippen molar-refractivity contribution in [3.63, 3.8) is 0 Å². The summed E-state index contributed by atoms with van der Waals surface area (Å²) in [5, 5.41) is 0. The molecular weight excluding hydrogens is 473 g/mol. The van der Waals surface area contributed by atoms with Gasteiger partial charge in [-0.15, -0.1) is 0 Å². The SMILES string of the molecule is CCCc1cn(C)c2c(=O)[nH]c(-c3cc(S(=O)(=O)N4CCN(CCF)CC4)ccc3OCC)nc12. The molecule has 1 aromatic carbocycles. The van der Waals surface area contributed by atoms with Crippen LogP contribution in [0, 0.1) is 0 Å². The van der Waals surface area contributed by atoms with E-state index in [0.29, 0.717) is 48.6 Å². The van der Waals surface area contributed by atoms with Gasteiger partial charge in [-0.05, 0) is 37.1 Å². The molecule has 0 atom stereocenters. The van der Waals surface area contributed by atoms with Gasteiger partial charge in [0.05, 0.1) is 22.6 Å². The molecule has 2 aromatic heterocycles. The number of hydrogen-bond donors (Lipinski definition) is 1. The largest absolute Gasteiger partial charge is 0.493 e. The van der Waals surface area contributed by atoms with Crippen molar-refractivity contribution in [3.05, 3.63) is 40.3 Å². The molecule has 0 unspecified atom stereocenters. The van der Waals surface area contributed by atoms with Gasteiger partial charge in [0.25, 0.3) is 5.56 Å². The number of alkyl halides is 1. The van der Waals surface area contributed by atoms with E-state index in [1.165, 1.54) is 16.4 Å². The van der Waals surface area contributed by atoms with Crippen LogP contribution in [0.2, 0.25) is 0 Å². The van der Waals surface area contributed by atoms with E-state index in [1.807, 2.05) is 25.1 Å². The Morgan fingerprint density at radius 3 is 2.57 bits per heavy atom. The van der Waals surface area contributed by atoms with Crippen LogP contribution >= 0.6 is 0 Å². The summed E-state index contributed by atoms with van der Waals surface area (Å²) < 4.78 is 48.4. The minimum atomic E-state index is -3.79. The van der Waals surface area contributed by atoms with Gasteiger partial charge < -0.3 is 14.3 Å². The number of aromatic amines is 1. The zero-order valence-corrected chi connectivity index (χ0v) is 21.2. The molecule has 0 saturated carbocycles. The quantitative estimate of drug-likeness (QED) is 0.480. The van der Waals surface area contributed by atoms with Crippen molar-refractivity contribution in [1.29, 1.82) is 0 Å². The molecule has 0 spiro atoms. The summed E-state index contributed by atoms with van der Waals surface area (Å²) in [4.78, 5) is 22.6. The number of hydrogen-bond acceptors (Lipinski definition) is 6. The molecule has 3 aromatic rings. The molecule has 11 heteroatoms. The Hall–Kier alpha value is -2.76. The lowest BCUT2D eigenvalue weighted by Gasteiger charge is -2.33. The Morgan fingerprint density at radius 1 is 1.17 bits per heavy atom. The predicted molar refractivity (Wildman–Crippen MR) is 133 cm³/mol. The first-order valence-electron chi connectivity index (χ1n) is 11.9. The summed E-state index contributed by atoms with van der Waals surface area (Å²) in [6, 6.07) is 4.63. The number of sulfonamides is 1. The van der Waals surface area contributed by atoms with Gasteiger partial charge in [0.1, 0.15) is 23.8 Å². The Labute approximate surface area is 204 Å². The van der Waals surface area contributed by atoms with E-state index in [-0.39, 0.29) is 29.4 Å². The van der Waals surface area contributed by atoms with Crippen LogP contribution in [0.25, 0.3) is 22.4 Å². The molecule has 0 radical (unpaired) electrons. The highest BCUT2D eigenvalue weighted by Crippen LogP contribution is 2.32. The minimum Gasteiger partial charge on any atom is -0.493 e. The number of aryl methyl sites for hydroxylation is 2. The molecule has 0 amide bonds.